The molecule has 4 rings (SSSR count). The van der Waals surface area contributed by atoms with Gasteiger partial charge in [-0.05, 0) is 57.0 Å². The van der Waals surface area contributed by atoms with Gasteiger partial charge in [-0.3, -0.25) is 14.5 Å². The average Bonchev–Trinajstić information content (AvgIpc) is 3.24. The van der Waals surface area contributed by atoms with E-state index in [0.717, 1.165) is 10.6 Å². The molecule has 0 fully saturated rings. The van der Waals surface area contributed by atoms with Crippen LogP contribution in [0.25, 0.3) is 0 Å². The van der Waals surface area contributed by atoms with E-state index in [1.165, 1.54) is 16.2 Å². The Bertz CT molecular complexity index is 1240. The molecular formula is C25H24N2O4S. The number of hydrogen-bond acceptors (Lipinski definition) is 6. The predicted molar refractivity (Wildman–Crippen MR) is 125 cm³/mol. The van der Waals surface area contributed by atoms with Crippen molar-refractivity contribution in [2.75, 3.05) is 11.5 Å². The van der Waals surface area contributed by atoms with Crippen LogP contribution < -0.4 is 9.64 Å². The molecule has 0 aliphatic carbocycles. The molecule has 1 aromatic heterocycles. The number of rotatable bonds is 6. The van der Waals surface area contributed by atoms with Crippen molar-refractivity contribution >= 4 is 28.7 Å². The van der Waals surface area contributed by atoms with E-state index in [-0.39, 0.29) is 11.4 Å². The van der Waals surface area contributed by atoms with Crippen molar-refractivity contribution < 1.29 is 19.4 Å². The summed E-state index contributed by atoms with van der Waals surface area (Å²) in [7, 11) is 0. The van der Waals surface area contributed by atoms with Crippen LogP contribution in [0.2, 0.25) is 0 Å². The summed E-state index contributed by atoms with van der Waals surface area (Å²) < 4.78 is 5.65. The van der Waals surface area contributed by atoms with Crippen molar-refractivity contribution in [3.8, 4) is 5.75 Å². The molecule has 6 nitrogen and oxygen atoms in total. The number of aliphatic hydroxyl groups is 1. The number of ketones is 1. The minimum atomic E-state index is -0.793. The lowest BCUT2D eigenvalue weighted by atomic mass is 9.94. The maximum Gasteiger partial charge on any atom is 0.294 e. The Morgan fingerprint density at radius 1 is 1.16 bits per heavy atom. The van der Waals surface area contributed by atoms with Gasteiger partial charge in [-0.1, -0.05) is 30.3 Å². The molecule has 2 aromatic carbocycles. The quantitative estimate of drug-likeness (QED) is 0.521. The third-order valence-corrected chi connectivity index (χ3v) is 6.49. The molecule has 0 saturated carbocycles. The Balaban J connectivity index is 1.91. The Kier molecular flexibility index (Phi) is 5.84. The number of para-hydroxylation sites is 1. The lowest BCUT2D eigenvalue weighted by Crippen LogP contribution is -2.31. The van der Waals surface area contributed by atoms with Gasteiger partial charge in [0, 0.05) is 5.69 Å². The first-order valence-electron chi connectivity index (χ1n) is 10.4. The van der Waals surface area contributed by atoms with E-state index in [2.05, 4.69) is 4.98 Å². The normalized spacial score (nSPS) is 16.1. The van der Waals surface area contributed by atoms with E-state index >= 15 is 0 Å². The van der Waals surface area contributed by atoms with Crippen LogP contribution in [0.4, 0.5) is 5.69 Å². The molecule has 1 aliphatic heterocycles. The van der Waals surface area contributed by atoms with Crippen molar-refractivity contribution in [1.29, 1.82) is 0 Å². The van der Waals surface area contributed by atoms with Crippen LogP contribution in [0.3, 0.4) is 0 Å². The Labute approximate surface area is 190 Å². The lowest BCUT2D eigenvalue weighted by molar-refractivity contribution is -0.117. The van der Waals surface area contributed by atoms with E-state index in [4.69, 9.17) is 4.74 Å². The number of ether oxygens (including phenoxy) is 1. The maximum absolute atomic E-state index is 13.6. The van der Waals surface area contributed by atoms with Crippen LogP contribution in [0, 0.1) is 20.8 Å². The van der Waals surface area contributed by atoms with E-state index in [1.807, 2.05) is 69.3 Å². The lowest BCUT2D eigenvalue weighted by Gasteiger charge is -2.28. The van der Waals surface area contributed by atoms with Gasteiger partial charge in [0.25, 0.3) is 5.91 Å². The Hall–Kier alpha value is -3.45. The smallest absolute Gasteiger partial charge is 0.294 e. The fraction of sp³-hybridized carbons (Fsp3) is 0.240. The number of hydrogen-bond donors (Lipinski definition) is 1. The van der Waals surface area contributed by atoms with Crippen LogP contribution in [0.5, 0.6) is 5.75 Å². The third kappa shape index (κ3) is 3.69. The van der Waals surface area contributed by atoms with Gasteiger partial charge in [-0.15, -0.1) is 11.3 Å². The minimum absolute atomic E-state index is 0.0543. The zero-order valence-electron chi connectivity index (χ0n) is 18.4. The van der Waals surface area contributed by atoms with Crippen LogP contribution in [0.1, 0.15) is 44.5 Å². The summed E-state index contributed by atoms with van der Waals surface area (Å²) >= 11 is 1.26. The Morgan fingerprint density at radius 3 is 2.56 bits per heavy atom. The monoisotopic (exact) mass is 448 g/mol. The van der Waals surface area contributed by atoms with Crippen molar-refractivity contribution in [3.05, 3.63) is 86.6 Å². The van der Waals surface area contributed by atoms with Crippen molar-refractivity contribution in [1.82, 2.24) is 4.98 Å². The zero-order chi connectivity index (χ0) is 23.0. The molecule has 3 aromatic rings. The fourth-order valence-electron chi connectivity index (χ4n) is 4.04. The number of anilines is 1. The van der Waals surface area contributed by atoms with E-state index in [0.29, 0.717) is 34.2 Å². The van der Waals surface area contributed by atoms with Gasteiger partial charge in [-0.2, -0.15) is 0 Å². The largest absolute Gasteiger partial charge is 0.503 e. The summed E-state index contributed by atoms with van der Waals surface area (Å²) in [5.74, 6) is -0.893. The van der Waals surface area contributed by atoms with Crippen molar-refractivity contribution in [2.45, 2.75) is 33.7 Å². The third-order valence-electron chi connectivity index (χ3n) is 5.42. The number of benzene rings is 2. The maximum atomic E-state index is 13.6. The summed E-state index contributed by atoms with van der Waals surface area (Å²) in [6.07, 6.45) is 0. The SMILES string of the molecule is CCOc1cccc(C2C(C(=O)c3sc(C)nc3C)=C(O)C(=O)N2c2ccccc2C)c1. The summed E-state index contributed by atoms with van der Waals surface area (Å²) in [4.78, 5) is 33.2. The average molecular weight is 449 g/mol. The number of carbonyl (C=O) groups is 2. The first-order valence-corrected chi connectivity index (χ1v) is 11.2. The molecule has 32 heavy (non-hydrogen) atoms. The fourth-order valence-corrected chi connectivity index (χ4v) is 4.91. The zero-order valence-corrected chi connectivity index (χ0v) is 19.2. The van der Waals surface area contributed by atoms with Gasteiger partial charge in [0.2, 0.25) is 5.78 Å². The molecule has 1 unspecified atom stereocenters. The van der Waals surface area contributed by atoms with E-state index in [9.17, 15) is 14.7 Å². The summed E-state index contributed by atoms with van der Waals surface area (Å²) in [5, 5.41) is 11.7. The highest BCUT2D eigenvalue weighted by atomic mass is 32.1. The van der Waals surface area contributed by atoms with E-state index < -0.39 is 17.7 Å². The molecule has 1 aliphatic rings. The summed E-state index contributed by atoms with van der Waals surface area (Å²) in [6.45, 7) is 7.85. The van der Waals surface area contributed by atoms with E-state index in [1.54, 1.807) is 6.92 Å². The molecule has 0 bridgehead atoms. The van der Waals surface area contributed by atoms with Crippen molar-refractivity contribution in [2.24, 2.45) is 0 Å². The summed E-state index contributed by atoms with van der Waals surface area (Å²) in [5.41, 5.74) is 2.81. The van der Waals surface area contributed by atoms with Crippen LogP contribution >= 0.6 is 11.3 Å². The number of carbonyl (C=O) groups excluding carboxylic acids is 2. The highest BCUT2D eigenvalue weighted by Crippen LogP contribution is 2.44. The Morgan fingerprint density at radius 2 is 1.91 bits per heavy atom. The van der Waals surface area contributed by atoms with Gasteiger partial charge < -0.3 is 9.84 Å². The number of nitrogens with zero attached hydrogens (tertiary/aromatic N) is 2. The number of aliphatic hydroxyl groups excluding tert-OH is 1. The number of aryl methyl sites for hydroxylation is 3. The molecule has 1 atom stereocenters. The molecule has 164 valence electrons. The molecule has 7 heteroatoms. The van der Waals surface area contributed by atoms with Crippen molar-refractivity contribution in [3.63, 3.8) is 0 Å². The number of aromatic nitrogens is 1. The molecule has 0 radical (unpaired) electrons. The standard InChI is InChI=1S/C25H24N2O4S/c1-5-31-18-11-8-10-17(13-18)21-20(22(28)24-15(3)26-16(4)32-24)23(29)25(30)27(21)19-12-7-6-9-14(19)2/h6-13,21,29H,5H2,1-4H3. The van der Waals surface area contributed by atoms with Gasteiger partial charge in [-0.25, -0.2) is 4.98 Å². The molecule has 2 heterocycles. The van der Waals surface area contributed by atoms with Gasteiger partial charge in [0.1, 0.15) is 5.75 Å². The van der Waals surface area contributed by atoms with Crippen LogP contribution in [0.15, 0.2) is 59.9 Å². The second-order valence-corrected chi connectivity index (χ2v) is 8.81. The molecule has 1 N–H and O–H groups in total. The van der Waals surface area contributed by atoms with Crippen LogP contribution in [-0.2, 0) is 4.79 Å². The predicted octanol–water partition coefficient (Wildman–Crippen LogP) is 5.25. The highest BCUT2D eigenvalue weighted by molar-refractivity contribution is 7.14. The van der Waals surface area contributed by atoms with Gasteiger partial charge in [0.05, 0.1) is 33.8 Å². The second kappa shape index (κ2) is 8.59. The molecule has 1 amide bonds. The first-order chi connectivity index (χ1) is 15.3. The molecule has 0 saturated heterocycles. The van der Waals surface area contributed by atoms with Crippen LogP contribution in [-0.4, -0.2) is 28.4 Å². The first kappa shape index (κ1) is 21.8. The number of amides is 1. The van der Waals surface area contributed by atoms with Gasteiger partial charge >= 0.3 is 0 Å². The molecular weight excluding hydrogens is 424 g/mol. The summed E-state index contributed by atoms with van der Waals surface area (Å²) in [6, 6.07) is 13.9. The minimum Gasteiger partial charge on any atom is -0.503 e. The highest BCUT2D eigenvalue weighted by Gasteiger charge is 2.45. The number of Topliss-reactive ketones (excluding diaryl/α,β-unsaturated/α-hetero) is 1. The second-order valence-electron chi connectivity index (χ2n) is 7.61. The van der Waals surface area contributed by atoms with Gasteiger partial charge in [0.15, 0.2) is 5.76 Å². The topological polar surface area (TPSA) is 79.7 Å². The molecule has 0 spiro atoms. The number of thiazole rings is 1.